The molecule has 1 fully saturated rings. The van der Waals surface area contributed by atoms with E-state index < -0.39 is 14.2 Å². The van der Waals surface area contributed by atoms with E-state index in [0.717, 1.165) is 64.2 Å². The van der Waals surface area contributed by atoms with Crippen molar-refractivity contribution in [2.75, 3.05) is 0 Å². The van der Waals surface area contributed by atoms with Gasteiger partial charge in [0.2, 0.25) is 0 Å². The fraction of sp³-hybridized carbons (Fsp3) is 0.600. The molecule has 0 aromatic heterocycles. The van der Waals surface area contributed by atoms with Crippen molar-refractivity contribution in [3.8, 4) is 0 Å². The fourth-order valence-electron chi connectivity index (χ4n) is 9.40. The van der Waals surface area contributed by atoms with E-state index in [4.69, 9.17) is 4.52 Å². The summed E-state index contributed by atoms with van der Waals surface area (Å²) in [4.78, 5) is 22.1. The summed E-state index contributed by atoms with van der Waals surface area (Å²) in [6, 6.07) is 19.9. The molecule has 1 aliphatic rings. The highest BCUT2D eigenvalue weighted by atomic mass is 31.2. The molecule has 0 amide bonds. The van der Waals surface area contributed by atoms with E-state index in [9.17, 15) is 9.79 Å². The van der Waals surface area contributed by atoms with Gasteiger partial charge in [-0.3, -0.25) is 0 Å². The quantitative estimate of drug-likeness (QED) is 0.112. The van der Waals surface area contributed by atoms with Crippen molar-refractivity contribution in [1.82, 2.24) is 0 Å². The predicted octanol–water partition coefficient (Wildman–Crippen LogP) is 15.9. The van der Waals surface area contributed by atoms with Crippen molar-refractivity contribution >= 4 is 30.1 Å². The van der Waals surface area contributed by atoms with Crippen LogP contribution in [-0.4, -0.2) is 9.79 Å². The maximum atomic E-state index is 11.1. The molecule has 4 aromatic carbocycles. The highest BCUT2D eigenvalue weighted by molar-refractivity contribution is 7.39. The first-order valence-corrected chi connectivity index (χ1v) is 23.0. The van der Waals surface area contributed by atoms with E-state index in [1.165, 1.54) is 66.1 Å². The molecular formula is C50H73O3P. The second-order valence-corrected chi connectivity index (χ2v) is 18.2. The summed E-state index contributed by atoms with van der Waals surface area (Å²) in [6.45, 7) is 27.9. The van der Waals surface area contributed by atoms with Crippen LogP contribution in [0.2, 0.25) is 0 Å². The second-order valence-electron chi connectivity index (χ2n) is 17.5. The molecule has 2 N–H and O–H groups in total. The fourth-order valence-corrected chi connectivity index (χ4v) is 10.0. The summed E-state index contributed by atoms with van der Waals surface area (Å²) in [7, 11) is -2.63. The molecule has 1 saturated carbocycles. The molecule has 8 atom stereocenters. The Labute approximate surface area is 330 Å². The number of hydrogen-bond acceptors (Lipinski definition) is 3. The zero-order valence-corrected chi connectivity index (χ0v) is 36.9. The van der Waals surface area contributed by atoms with E-state index in [-0.39, 0.29) is 11.8 Å². The lowest BCUT2D eigenvalue weighted by atomic mass is 9.64. The van der Waals surface area contributed by atoms with Crippen LogP contribution < -0.4 is 0 Å². The van der Waals surface area contributed by atoms with Gasteiger partial charge in [-0.05, 0) is 159 Å². The third-order valence-corrected chi connectivity index (χ3v) is 14.7. The van der Waals surface area contributed by atoms with Crippen LogP contribution >= 0.6 is 8.60 Å². The van der Waals surface area contributed by atoms with Crippen LogP contribution in [0.1, 0.15) is 233 Å². The third-order valence-electron chi connectivity index (χ3n) is 14.3. The molecular weight excluding hydrogens is 680 g/mol. The predicted molar refractivity (Wildman–Crippen MR) is 235 cm³/mol. The van der Waals surface area contributed by atoms with E-state index in [1.807, 2.05) is 0 Å². The summed E-state index contributed by atoms with van der Waals surface area (Å²) in [6.07, 6.45) is 10.2. The van der Waals surface area contributed by atoms with Crippen molar-refractivity contribution < 1.29 is 14.3 Å². The van der Waals surface area contributed by atoms with Gasteiger partial charge in [0.1, 0.15) is 5.60 Å². The number of rotatable bonds is 16. The summed E-state index contributed by atoms with van der Waals surface area (Å²) in [5.41, 5.74) is 10.0. The molecule has 3 nitrogen and oxygen atoms in total. The summed E-state index contributed by atoms with van der Waals surface area (Å²) in [5, 5.41) is 5.30. The lowest BCUT2D eigenvalue weighted by Crippen LogP contribution is -2.40. The zero-order chi connectivity index (χ0) is 39.5. The van der Waals surface area contributed by atoms with Gasteiger partial charge in [0.25, 0.3) is 0 Å². The topological polar surface area (TPSA) is 49.7 Å². The monoisotopic (exact) mass is 753 g/mol. The molecule has 0 radical (unpaired) electrons. The van der Waals surface area contributed by atoms with Gasteiger partial charge in [0, 0.05) is 5.92 Å². The van der Waals surface area contributed by atoms with Gasteiger partial charge in [0.15, 0.2) is 0 Å². The molecule has 0 bridgehead atoms. The number of fused-ring (bicyclic) bond motifs is 2. The van der Waals surface area contributed by atoms with Crippen LogP contribution in [-0.2, 0) is 10.1 Å². The first-order chi connectivity index (χ1) is 25.8. The lowest BCUT2D eigenvalue weighted by Gasteiger charge is -2.47. The zero-order valence-electron chi connectivity index (χ0n) is 36.0. The van der Waals surface area contributed by atoms with Gasteiger partial charge in [-0.2, -0.15) is 0 Å². The number of hydrogen-bond donors (Lipinski definition) is 2. The van der Waals surface area contributed by atoms with Crippen LogP contribution in [0.4, 0.5) is 0 Å². The standard InChI is InChI=1S/C50H73O3P/c1-13-31(7)37-23-39-27-43(35(11)17-5)47(29-45(39)41(25-37)33(9)15-3)48-21-19-20-22-50(48,53-54(51)52)49-30-46-40(28-44(49)36(12)18-6)24-38(32(8)14-2)26-42(46)34(10)16-4/h23-36,48,51-52H,13-22H2,1-12H3. The minimum absolute atomic E-state index is 0.0188. The van der Waals surface area contributed by atoms with Crippen molar-refractivity contribution in [2.45, 2.75) is 194 Å². The molecule has 4 heteroatoms. The first kappa shape index (κ1) is 42.8. The average Bonchev–Trinajstić information content (AvgIpc) is 3.19. The normalized spacial score (nSPS) is 21.4. The molecule has 5 rings (SSSR count). The Morgan fingerprint density at radius 1 is 0.556 bits per heavy atom. The van der Waals surface area contributed by atoms with E-state index in [1.54, 1.807) is 0 Å². The van der Waals surface area contributed by atoms with Crippen molar-refractivity contribution in [3.05, 3.63) is 93.0 Å². The molecule has 0 saturated heterocycles. The Morgan fingerprint density at radius 2 is 1.00 bits per heavy atom. The third kappa shape index (κ3) is 8.37. The van der Waals surface area contributed by atoms with Gasteiger partial charge in [-0.25, -0.2) is 0 Å². The highest BCUT2D eigenvalue weighted by Gasteiger charge is 2.48. The van der Waals surface area contributed by atoms with Crippen molar-refractivity contribution in [1.29, 1.82) is 0 Å². The maximum Gasteiger partial charge on any atom is 0.327 e. The van der Waals surface area contributed by atoms with E-state index in [0.29, 0.717) is 29.6 Å². The Bertz CT molecular complexity index is 1880. The average molecular weight is 753 g/mol. The van der Waals surface area contributed by atoms with Crippen LogP contribution in [0, 0.1) is 0 Å². The Kier molecular flexibility index (Phi) is 14.5. The van der Waals surface area contributed by atoms with Gasteiger partial charge in [0.05, 0.1) is 0 Å². The minimum Gasteiger partial charge on any atom is -0.328 e. The SMILES string of the molecule is CCC(C)c1cc(C(C)CC)c2cc(C3CCCCC3(OP(O)O)c3cc4c(C(C)CC)cc(C(C)CC)cc4cc3C(C)CC)c(C(C)CC)cc2c1. The molecule has 0 aliphatic heterocycles. The van der Waals surface area contributed by atoms with Crippen LogP contribution in [0.3, 0.4) is 0 Å². The second kappa shape index (κ2) is 18.3. The van der Waals surface area contributed by atoms with Gasteiger partial charge in [-0.1, -0.05) is 138 Å². The molecule has 0 spiro atoms. The summed E-state index contributed by atoms with van der Waals surface area (Å²) >= 11 is 0. The maximum absolute atomic E-state index is 11.1. The smallest absolute Gasteiger partial charge is 0.327 e. The van der Waals surface area contributed by atoms with Gasteiger partial charge < -0.3 is 14.3 Å². The van der Waals surface area contributed by atoms with Gasteiger partial charge >= 0.3 is 8.60 Å². The van der Waals surface area contributed by atoms with Crippen LogP contribution in [0.5, 0.6) is 0 Å². The van der Waals surface area contributed by atoms with Crippen LogP contribution in [0.15, 0.2) is 48.5 Å². The van der Waals surface area contributed by atoms with E-state index in [2.05, 4.69) is 132 Å². The minimum atomic E-state index is -2.63. The Hall–Kier alpha value is -2.29. The highest BCUT2D eigenvalue weighted by Crippen LogP contribution is 2.58. The molecule has 8 unspecified atom stereocenters. The first-order valence-electron chi connectivity index (χ1n) is 21.9. The largest absolute Gasteiger partial charge is 0.328 e. The Morgan fingerprint density at radius 3 is 1.48 bits per heavy atom. The number of benzene rings is 4. The summed E-state index contributed by atoms with van der Waals surface area (Å²) in [5.74, 6) is 2.46. The molecule has 4 aromatic rings. The molecule has 54 heavy (non-hydrogen) atoms. The van der Waals surface area contributed by atoms with E-state index >= 15 is 0 Å². The van der Waals surface area contributed by atoms with Crippen molar-refractivity contribution in [2.24, 2.45) is 0 Å². The Balaban J connectivity index is 1.91. The molecule has 296 valence electrons. The van der Waals surface area contributed by atoms with Gasteiger partial charge in [-0.15, -0.1) is 0 Å². The van der Waals surface area contributed by atoms with Crippen LogP contribution in [0.25, 0.3) is 21.5 Å². The molecule has 1 aliphatic carbocycles. The summed E-state index contributed by atoms with van der Waals surface area (Å²) < 4.78 is 6.84. The van der Waals surface area contributed by atoms with Crippen molar-refractivity contribution in [3.63, 3.8) is 0 Å². The molecule has 0 heterocycles. The lowest BCUT2D eigenvalue weighted by molar-refractivity contribution is -0.00726.